The Hall–Kier alpha value is -2.60. The molecule has 3 rings (SSSR count). The Labute approximate surface area is 166 Å². The first-order valence-corrected chi connectivity index (χ1v) is 9.68. The fraction of sp³-hybridized carbons (Fsp3) is 0.455. The molecule has 0 saturated carbocycles. The Bertz CT molecular complexity index is 787. The van der Waals surface area contributed by atoms with Gasteiger partial charge < -0.3 is 15.6 Å². The Morgan fingerprint density at radius 2 is 2.00 bits per heavy atom. The smallest absolute Gasteiger partial charge is 0.410 e. The molecule has 150 valence electrons. The fourth-order valence-corrected chi connectivity index (χ4v) is 3.72. The van der Waals surface area contributed by atoms with Gasteiger partial charge in [-0.3, -0.25) is 9.88 Å². The summed E-state index contributed by atoms with van der Waals surface area (Å²) in [4.78, 5) is 18.8. The lowest BCUT2D eigenvalue weighted by Gasteiger charge is -2.34. The number of ether oxygens (including phenoxy) is 1. The van der Waals surface area contributed by atoms with Crippen LogP contribution in [0.25, 0.3) is 0 Å². The first-order chi connectivity index (χ1) is 13.2. The summed E-state index contributed by atoms with van der Waals surface area (Å²) in [6, 6.07) is 10.9. The van der Waals surface area contributed by atoms with E-state index >= 15 is 0 Å². The third kappa shape index (κ3) is 4.81. The fourth-order valence-electron chi connectivity index (χ4n) is 3.72. The highest BCUT2D eigenvalue weighted by atomic mass is 16.6. The average Bonchev–Trinajstić information content (AvgIpc) is 3.06. The highest BCUT2D eigenvalue weighted by molar-refractivity contribution is 5.69. The van der Waals surface area contributed by atoms with Crippen molar-refractivity contribution in [2.75, 3.05) is 5.73 Å². The number of likely N-dealkylation sites (tertiary alicyclic amines) is 1. The molecule has 1 aliphatic rings. The van der Waals surface area contributed by atoms with Crippen molar-refractivity contribution in [1.82, 2.24) is 9.88 Å². The zero-order chi connectivity index (χ0) is 20.3. The van der Waals surface area contributed by atoms with Gasteiger partial charge in [-0.25, -0.2) is 4.79 Å². The van der Waals surface area contributed by atoms with Crippen LogP contribution >= 0.6 is 0 Å². The summed E-state index contributed by atoms with van der Waals surface area (Å²) in [6.07, 6.45) is 4.30. The van der Waals surface area contributed by atoms with Gasteiger partial charge in [0.05, 0.1) is 6.04 Å². The standard InChI is InChI=1S/C22H29N3O3/c1-22(2,3)28-21(27)25-18(13-15-6-8-17(23)9-7-15)10-11-19(25)20(26)16-5-4-12-24-14-16/h4-9,12,14,18-20,26H,10-11,13,23H2,1-3H3/t18-,19+,20+/m0/s1. The van der Waals surface area contributed by atoms with E-state index in [2.05, 4.69) is 4.98 Å². The maximum atomic E-state index is 13.0. The number of aromatic nitrogens is 1. The van der Waals surface area contributed by atoms with Crippen molar-refractivity contribution < 1.29 is 14.6 Å². The van der Waals surface area contributed by atoms with Gasteiger partial charge in [-0.05, 0) is 63.8 Å². The van der Waals surface area contributed by atoms with E-state index in [0.717, 1.165) is 12.0 Å². The topological polar surface area (TPSA) is 88.7 Å². The number of hydrogen-bond acceptors (Lipinski definition) is 5. The number of pyridine rings is 1. The quantitative estimate of drug-likeness (QED) is 0.786. The first-order valence-electron chi connectivity index (χ1n) is 9.68. The summed E-state index contributed by atoms with van der Waals surface area (Å²) in [5, 5.41) is 11.0. The molecule has 0 aliphatic carbocycles. The van der Waals surface area contributed by atoms with Gasteiger partial charge in [0.15, 0.2) is 0 Å². The number of hydrogen-bond donors (Lipinski definition) is 2. The van der Waals surface area contributed by atoms with Crippen LogP contribution < -0.4 is 5.73 Å². The largest absolute Gasteiger partial charge is 0.444 e. The van der Waals surface area contributed by atoms with Gasteiger partial charge in [-0.1, -0.05) is 18.2 Å². The van der Waals surface area contributed by atoms with Crippen LogP contribution in [0.2, 0.25) is 0 Å². The minimum atomic E-state index is -0.808. The molecule has 0 unspecified atom stereocenters. The molecule has 1 saturated heterocycles. The van der Waals surface area contributed by atoms with Crippen molar-refractivity contribution in [3.63, 3.8) is 0 Å². The van der Waals surface area contributed by atoms with E-state index in [1.54, 1.807) is 23.4 Å². The number of anilines is 1. The van der Waals surface area contributed by atoms with Crippen molar-refractivity contribution in [3.8, 4) is 0 Å². The van der Waals surface area contributed by atoms with Crippen LogP contribution in [0.1, 0.15) is 50.8 Å². The molecule has 28 heavy (non-hydrogen) atoms. The number of nitrogens with zero attached hydrogens (tertiary/aromatic N) is 2. The monoisotopic (exact) mass is 383 g/mol. The van der Waals surface area contributed by atoms with Crippen molar-refractivity contribution in [1.29, 1.82) is 0 Å². The number of aliphatic hydroxyl groups is 1. The predicted octanol–water partition coefficient (Wildman–Crippen LogP) is 3.71. The van der Waals surface area contributed by atoms with E-state index in [4.69, 9.17) is 10.5 Å². The molecule has 2 aromatic rings. The van der Waals surface area contributed by atoms with Crippen LogP contribution in [-0.2, 0) is 11.2 Å². The van der Waals surface area contributed by atoms with Crippen LogP contribution in [0, 0.1) is 0 Å². The Morgan fingerprint density at radius 1 is 1.29 bits per heavy atom. The van der Waals surface area contributed by atoms with Crippen molar-refractivity contribution in [3.05, 3.63) is 59.9 Å². The van der Waals surface area contributed by atoms with Crippen molar-refractivity contribution in [2.45, 2.75) is 63.8 Å². The summed E-state index contributed by atoms with van der Waals surface area (Å²) < 4.78 is 5.67. The number of carbonyl (C=O) groups excluding carboxylic acids is 1. The Kier molecular flexibility index (Phi) is 5.89. The maximum Gasteiger partial charge on any atom is 0.410 e. The van der Waals surface area contributed by atoms with Crippen LogP contribution in [-0.4, -0.2) is 38.8 Å². The summed E-state index contributed by atoms with van der Waals surface area (Å²) in [7, 11) is 0. The Morgan fingerprint density at radius 3 is 2.61 bits per heavy atom. The summed E-state index contributed by atoms with van der Waals surface area (Å²) in [5.74, 6) is 0. The number of amides is 1. The second-order valence-electron chi connectivity index (χ2n) is 8.36. The summed E-state index contributed by atoms with van der Waals surface area (Å²) in [5.41, 5.74) is 7.70. The molecule has 6 nitrogen and oxygen atoms in total. The number of nitrogen functional groups attached to an aromatic ring is 1. The lowest BCUT2D eigenvalue weighted by Crippen LogP contribution is -2.47. The lowest BCUT2D eigenvalue weighted by atomic mass is 10.0. The minimum Gasteiger partial charge on any atom is -0.444 e. The van der Waals surface area contributed by atoms with Gasteiger partial charge >= 0.3 is 6.09 Å². The molecule has 0 spiro atoms. The molecule has 1 aromatic heterocycles. The molecule has 1 aliphatic heterocycles. The van der Waals surface area contributed by atoms with Gasteiger partial charge in [0.1, 0.15) is 11.7 Å². The SMILES string of the molecule is CC(C)(C)OC(=O)N1[C@H](Cc2ccc(N)cc2)CC[C@@H]1[C@H](O)c1cccnc1. The molecule has 1 amide bonds. The van der Waals surface area contributed by atoms with Crippen LogP contribution in [0.5, 0.6) is 0 Å². The number of nitrogens with two attached hydrogens (primary N) is 1. The number of carbonyl (C=O) groups is 1. The van der Waals surface area contributed by atoms with E-state index in [1.807, 2.05) is 51.1 Å². The predicted molar refractivity (Wildman–Crippen MR) is 109 cm³/mol. The second kappa shape index (κ2) is 8.19. The van der Waals surface area contributed by atoms with E-state index in [1.165, 1.54) is 0 Å². The zero-order valence-corrected chi connectivity index (χ0v) is 16.7. The van der Waals surface area contributed by atoms with Gasteiger partial charge in [0, 0.05) is 29.7 Å². The molecule has 1 aromatic carbocycles. The normalized spacial score (nSPS) is 20.8. The number of aliphatic hydroxyl groups excluding tert-OH is 1. The lowest BCUT2D eigenvalue weighted by molar-refractivity contribution is -0.00458. The highest BCUT2D eigenvalue weighted by Crippen LogP contribution is 2.35. The zero-order valence-electron chi connectivity index (χ0n) is 16.7. The van der Waals surface area contributed by atoms with Crippen LogP contribution in [0.15, 0.2) is 48.8 Å². The van der Waals surface area contributed by atoms with Gasteiger partial charge in [0.25, 0.3) is 0 Å². The molecule has 0 bridgehead atoms. The third-order valence-electron chi connectivity index (χ3n) is 4.99. The number of benzene rings is 1. The van der Waals surface area contributed by atoms with Crippen LogP contribution in [0.4, 0.5) is 10.5 Å². The molecular formula is C22H29N3O3. The molecule has 3 N–H and O–H groups in total. The van der Waals surface area contributed by atoms with Gasteiger partial charge in [-0.15, -0.1) is 0 Å². The van der Waals surface area contributed by atoms with E-state index in [9.17, 15) is 9.90 Å². The van der Waals surface area contributed by atoms with Crippen molar-refractivity contribution >= 4 is 11.8 Å². The molecular weight excluding hydrogens is 354 g/mol. The second-order valence-corrected chi connectivity index (χ2v) is 8.36. The summed E-state index contributed by atoms with van der Waals surface area (Å²) in [6.45, 7) is 5.55. The molecule has 6 heteroatoms. The third-order valence-corrected chi connectivity index (χ3v) is 4.99. The summed E-state index contributed by atoms with van der Waals surface area (Å²) >= 11 is 0. The molecule has 1 fully saturated rings. The molecule has 3 atom stereocenters. The van der Waals surface area contributed by atoms with E-state index in [0.29, 0.717) is 24.1 Å². The van der Waals surface area contributed by atoms with E-state index in [-0.39, 0.29) is 12.1 Å². The van der Waals surface area contributed by atoms with Gasteiger partial charge in [0.2, 0.25) is 0 Å². The number of rotatable bonds is 4. The van der Waals surface area contributed by atoms with Crippen molar-refractivity contribution in [2.24, 2.45) is 0 Å². The first kappa shape index (κ1) is 20.1. The Balaban J connectivity index is 1.84. The molecule has 2 heterocycles. The maximum absolute atomic E-state index is 13.0. The average molecular weight is 383 g/mol. The molecule has 0 radical (unpaired) electrons. The highest BCUT2D eigenvalue weighted by Gasteiger charge is 2.42. The van der Waals surface area contributed by atoms with E-state index < -0.39 is 17.8 Å². The minimum absolute atomic E-state index is 0.0465. The van der Waals surface area contributed by atoms with Gasteiger partial charge in [-0.2, -0.15) is 0 Å². The van der Waals surface area contributed by atoms with Crippen LogP contribution in [0.3, 0.4) is 0 Å².